The fraction of sp³-hybridized carbons (Fsp3) is 0.875. The number of ether oxygens (including phenoxy) is 2. The van der Waals surface area contributed by atoms with Gasteiger partial charge in [0, 0.05) is 0 Å². The SMILES string of the molecule is CC1CCCCCOC(=O)O1. The van der Waals surface area contributed by atoms with E-state index in [9.17, 15) is 4.79 Å². The molecule has 1 fully saturated rings. The summed E-state index contributed by atoms with van der Waals surface area (Å²) in [6, 6.07) is 0. The Bertz CT molecular complexity index is 133. The number of hydrogen-bond donors (Lipinski definition) is 0. The van der Waals surface area contributed by atoms with Crippen molar-refractivity contribution >= 4 is 6.16 Å². The van der Waals surface area contributed by atoms with E-state index in [1.807, 2.05) is 6.92 Å². The first-order valence-corrected chi connectivity index (χ1v) is 4.12. The summed E-state index contributed by atoms with van der Waals surface area (Å²) in [6.07, 6.45) is 3.66. The van der Waals surface area contributed by atoms with Crippen LogP contribution in [-0.2, 0) is 9.47 Å². The second-order valence-electron chi connectivity index (χ2n) is 2.88. The van der Waals surface area contributed by atoms with Crippen LogP contribution in [0.3, 0.4) is 0 Å². The lowest BCUT2D eigenvalue weighted by Crippen LogP contribution is -2.14. The van der Waals surface area contributed by atoms with Crippen LogP contribution in [0.5, 0.6) is 0 Å². The van der Waals surface area contributed by atoms with Crippen LogP contribution in [0.2, 0.25) is 0 Å². The molecular weight excluding hydrogens is 144 g/mol. The molecule has 1 aliphatic heterocycles. The quantitative estimate of drug-likeness (QED) is 0.506. The molecule has 0 aromatic rings. The van der Waals surface area contributed by atoms with E-state index in [4.69, 9.17) is 9.47 Å². The van der Waals surface area contributed by atoms with Crippen LogP contribution in [0.1, 0.15) is 32.6 Å². The molecule has 3 nitrogen and oxygen atoms in total. The van der Waals surface area contributed by atoms with Crippen LogP contribution in [0, 0.1) is 0 Å². The Morgan fingerprint density at radius 2 is 2.18 bits per heavy atom. The Morgan fingerprint density at radius 1 is 1.36 bits per heavy atom. The lowest BCUT2D eigenvalue weighted by molar-refractivity contribution is 0.0309. The molecular formula is C8H14O3. The molecule has 0 N–H and O–H groups in total. The average Bonchev–Trinajstić information content (AvgIpc) is 2.02. The van der Waals surface area contributed by atoms with Gasteiger partial charge in [-0.25, -0.2) is 4.79 Å². The van der Waals surface area contributed by atoms with Gasteiger partial charge in [-0.15, -0.1) is 0 Å². The van der Waals surface area contributed by atoms with Crippen LogP contribution >= 0.6 is 0 Å². The largest absolute Gasteiger partial charge is 0.508 e. The molecule has 1 heterocycles. The summed E-state index contributed by atoms with van der Waals surface area (Å²) in [5, 5.41) is 0. The summed E-state index contributed by atoms with van der Waals surface area (Å²) in [6.45, 7) is 2.40. The van der Waals surface area contributed by atoms with Crippen molar-refractivity contribution in [3.8, 4) is 0 Å². The van der Waals surface area contributed by atoms with Crippen LogP contribution in [0.15, 0.2) is 0 Å². The highest BCUT2D eigenvalue weighted by Gasteiger charge is 2.11. The predicted octanol–water partition coefficient (Wildman–Crippen LogP) is 2.10. The van der Waals surface area contributed by atoms with Gasteiger partial charge >= 0.3 is 6.16 Å². The Labute approximate surface area is 66.7 Å². The first-order valence-electron chi connectivity index (χ1n) is 4.12. The van der Waals surface area contributed by atoms with Gasteiger partial charge in [0.25, 0.3) is 0 Å². The molecule has 0 aliphatic carbocycles. The van der Waals surface area contributed by atoms with Crippen molar-refractivity contribution in [3.05, 3.63) is 0 Å². The normalized spacial score (nSPS) is 27.4. The maximum absolute atomic E-state index is 10.8. The van der Waals surface area contributed by atoms with E-state index in [0.717, 1.165) is 25.7 Å². The molecule has 0 amide bonds. The molecule has 1 unspecified atom stereocenters. The van der Waals surface area contributed by atoms with E-state index in [1.54, 1.807) is 0 Å². The van der Waals surface area contributed by atoms with Gasteiger partial charge < -0.3 is 9.47 Å². The average molecular weight is 158 g/mol. The minimum atomic E-state index is -0.514. The molecule has 1 atom stereocenters. The molecule has 0 saturated carbocycles. The number of cyclic esters (lactones) is 2. The molecule has 0 radical (unpaired) electrons. The highest BCUT2D eigenvalue weighted by Crippen LogP contribution is 2.10. The molecule has 3 heteroatoms. The minimum Gasteiger partial charge on any atom is -0.434 e. The van der Waals surface area contributed by atoms with Crippen molar-refractivity contribution in [1.82, 2.24) is 0 Å². The lowest BCUT2D eigenvalue weighted by atomic mass is 10.1. The highest BCUT2D eigenvalue weighted by molar-refractivity contribution is 5.60. The predicted molar refractivity (Wildman–Crippen MR) is 40.4 cm³/mol. The second-order valence-corrected chi connectivity index (χ2v) is 2.88. The van der Waals surface area contributed by atoms with Crippen molar-refractivity contribution in [3.63, 3.8) is 0 Å². The number of carbonyl (C=O) groups is 1. The maximum Gasteiger partial charge on any atom is 0.508 e. The Balaban J connectivity index is 2.33. The van der Waals surface area contributed by atoms with Crippen LogP contribution in [-0.4, -0.2) is 18.9 Å². The van der Waals surface area contributed by atoms with Gasteiger partial charge in [0.15, 0.2) is 0 Å². The second kappa shape index (κ2) is 4.21. The summed E-state index contributed by atoms with van der Waals surface area (Å²) < 4.78 is 9.68. The standard InChI is InChI=1S/C8H14O3/c1-7-5-3-2-4-6-10-8(9)11-7/h7H,2-6H2,1H3. The van der Waals surface area contributed by atoms with Gasteiger partial charge in [0.05, 0.1) is 6.61 Å². The van der Waals surface area contributed by atoms with E-state index >= 15 is 0 Å². The molecule has 64 valence electrons. The van der Waals surface area contributed by atoms with Crippen molar-refractivity contribution < 1.29 is 14.3 Å². The third-order valence-corrected chi connectivity index (χ3v) is 1.77. The van der Waals surface area contributed by atoms with E-state index in [0.29, 0.717) is 6.61 Å². The number of hydrogen-bond acceptors (Lipinski definition) is 3. The first kappa shape index (κ1) is 8.37. The summed E-state index contributed by atoms with van der Waals surface area (Å²) in [5.41, 5.74) is 0. The molecule has 0 aromatic carbocycles. The fourth-order valence-electron chi connectivity index (χ4n) is 1.12. The molecule has 11 heavy (non-hydrogen) atoms. The third-order valence-electron chi connectivity index (χ3n) is 1.77. The van der Waals surface area contributed by atoms with E-state index < -0.39 is 6.16 Å². The zero-order valence-electron chi connectivity index (χ0n) is 6.84. The van der Waals surface area contributed by atoms with Gasteiger partial charge in [-0.1, -0.05) is 0 Å². The lowest BCUT2D eigenvalue weighted by Gasteiger charge is -2.09. The Hall–Kier alpha value is -0.730. The van der Waals surface area contributed by atoms with Gasteiger partial charge in [0.1, 0.15) is 6.10 Å². The molecule has 0 aromatic heterocycles. The van der Waals surface area contributed by atoms with Crippen LogP contribution < -0.4 is 0 Å². The van der Waals surface area contributed by atoms with Gasteiger partial charge in [-0.3, -0.25) is 0 Å². The van der Waals surface area contributed by atoms with Crippen molar-refractivity contribution in [2.45, 2.75) is 38.7 Å². The number of rotatable bonds is 0. The van der Waals surface area contributed by atoms with Gasteiger partial charge in [-0.05, 0) is 32.6 Å². The van der Waals surface area contributed by atoms with Crippen LogP contribution in [0.4, 0.5) is 4.79 Å². The van der Waals surface area contributed by atoms with Gasteiger partial charge in [0.2, 0.25) is 0 Å². The topological polar surface area (TPSA) is 35.5 Å². The maximum atomic E-state index is 10.8. The molecule has 0 bridgehead atoms. The molecule has 0 spiro atoms. The fourth-order valence-corrected chi connectivity index (χ4v) is 1.12. The summed E-state index contributed by atoms with van der Waals surface area (Å²) >= 11 is 0. The van der Waals surface area contributed by atoms with Crippen molar-refractivity contribution in [1.29, 1.82) is 0 Å². The Kier molecular flexibility index (Phi) is 3.20. The van der Waals surface area contributed by atoms with Crippen molar-refractivity contribution in [2.75, 3.05) is 6.61 Å². The minimum absolute atomic E-state index is 0.0144. The van der Waals surface area contributed by atoms with E-state index in [2.05, 4.69) is 0 Å². The monoisotopic (exact) mass is 158 g/mol. The smallest absolute Gasteiger partial charge is 0.434 e. The van der Waals surface area contributed by atoms with E-state index in [1.165, 1.54) is 0 Å². The van der Waals surface area contributed by atoms with E-state index in [-0.39, 0.29) is 6.10 Å². The van der Waals surface area contributed by atoms with Crippen molar-refractivity contribution in [2.24, 2.45) is 0 Å². The molecule has 1 saturated heterocycles. The third kappa shape index (κ3) is 3.25. The molecule has 1 rings (SSSR count). The number of carbonyl (C=O) groups excluding carboxylic acids is 1. The zero-order chi connectivity index (χ0) is 8.10. The molecule has 1 aliphatic rings. The summed E-state index contributed by atoms with van der Waals surface area (Å²) in [7, 11) is 0. The summed E-state index contributed by atoms with van der Waals surface area (Å²) in [4.78, 5) is 10.8. The highest BCUT2D eigenvalue weighted by atomic mass is 16.7. The zero-order valence-corrected chi connectivity index (χ0v) is 6.84. The summed E-state index contributed by atoms with van der Waals surface area (Å²) in [5.74, 6) is 0. The Morgan fingerprint density at radius 3 is 3.00 bits per heavy atom. The van der Waals surface area contributed by atoms with Gasteiger partial charge in [-0.2, -0.15) is 0 Å². The first-order chi connectivity index (χ1) is 5.29. The van der Waals surface area contributed by atoms with Crippen LogP contribution in [0.25, 0.3) is 0 Å².